The summed E-state index contributed by atoms with van der Waals surface area (Å²) in [7, 11) is -0.286. The van der Waals surface area contributed by atoms with Gasteiger partial charge in [-0.25, -0.2) is 9.48 Å². The van der Waals surface area contributed by atoms with Gasteiger partial charge in [-0.1, -0.05) is 56.4 Å². The lowest BCUT2D eigenvalue weighted by Gasteiger charge is -2.48. The molecule has 200 valence electrons. The predicted molar refractivity (Wildman–Crippen MR) is 144 cm³/mol. The van der Waals surface area contributed by atoms with Crippen LogP contribution in [0.25, 0.3) is 0 Å². The van der Waals surface area contributed by atoms with Gasteiger partial charge in [0.05, 0.1) is 16.9 Å². The molecule has 1 fully saturated rings. The van der Waals surface area contributed by atoms with Crippen molar-refractivity contribution in [2.45, 2.75) is 68.2 Å². The van der Waals surface area contributed by atoms with E-state index in [0.29, 0.717) is 16.4 Å². The molecule has 1 aromatic carbocycles. The third-order valence-electron chi connectivity index (χ3n) is 7.09. The molecule has 13 heteroatoms. The lowest BCUT2D eigenvalue weighted by Crippen LogP contribution is -2.62. The van der Waals surface area contributed by atoms with Gasteiger partial charge in [0.1, 0.15) is 23.4 Å². The highest BCUT2D eigenvalue weighted by Gasteiger charge is 2.59. The Balaban J connectivity index is 1.38. The van der Waals surface area contributed by atoms with Gasteiger partial charge in [-0.15, -0.1) is 5.10 Å². The summed E-state index contributed by atoms with van der Waals surface area (Å²) in [6.07, 6.45) is -0.291. The fourth-order valence-corrected chi connectivity index (χ4v) is 7.73. The van der Waals surface area contributed by atoms with Crippen molar-refractivity contribution >= 4 is 43.7 Å². The standard InChI is InChI=1S/C24H33N5O5S2Si/c1-14(34-37(6,7)24(2,3)4)18-20(30)29-19(22(31)32)17(36-21(18)29)12-33-16-10-8-15(9-11-16)13-35-23-25-26-27-28(23)5/h8-11,14,18,21H,12-13H2,1-7H3,(H,31,32)/t14-,18+,21-/m1/s1. The first-order chi connectivity index (χ1) is 17.3. The van der Waals surface area contributed by atoms with E-state index >= 15 is 0 Å². The van der Waals surface area contributed by atoms with E-state index < -0.39 is 14.3 Å². The van der Waals surface area contributed by atoms with Crippen molar-refractivity contribution in [3.8, 4) is 5.75 Å². The number of aromatic nitrogens is 4. The normalized spacial score (nSPS) is 20.6. The number of tetrazole rings is 1. The maximum Gasteiger partial charge on any atom is 0.353 e. The van der Waals surface area contributed by atoms with Gasteiger partial charge in [0.2, 0.25) is 11.1 Å². The summed E-state index contributed by atoms with van der Waals surface area (Å²) in [5, 5.41) is 21.7. The van der Waals surface area contributed by atoms with Crippen LogP contribution in [0.5, 0.6) is 5.75 Å². The lowest BCUT2D eigenvalue weighted by atomic mass is 9.92. The van der Waals surface area contributed by atoms with Gasteiger partial charge in [-0.3, -0.25) is 9.69 Å². The van der Waals surface area contributed by atoms with Gasteiger partial charge in [0, 0.05) is 12.8 Å². The molecule has 1 amide bonds. The molecule has 3 atom stereocenters. The fraction of sp³-hybridized carbons (Fsp3) is 0.542. The largest absolute Gasteiger partial charge is 0.488 e. The van der Waals surface area contributed by atoms with E-state index in [4.69, 9.17) is 9.16 Å². The highest BCUT2D eigenvalue weighted by atomic mass is 32.2. The van der Waals surface area contributed by atoms with E-state index in [9.17, 15) is 14.7 Å². The minimum atomic E-state index is -2.08. The van der Waals surface area contributed by atoms with E-state index in [1.807, 2.05) is 31.2 Å². The second kappa shape index (κ2) is 10.4. The van der Waals surface area contributed by atoms with Crippen LogP contribution in [0, 0.1) is 5.92 Å². The number of benzene rings is 1. The van der Waals surface area contributed by atoms with Crippen molar-refractivity contribution in [1.82, 2.24) is 25.1 Å². The molecule has 0 aliphatic carbocycles. The van der Waals surface area contributed by atoms with E-state index in [2.05, 4.69) is 49.4 Å². The van der Waals surface area contributed by atoms with Gasteiger partial charge >= 0.3 is 5.97 Å². The molecule has 3 heterocycles. The fourth-order valence-electron chi connectivity index (χ4n) is 3.98. The predicted octanol–water partition coefficient (Wildman–Crippen LogP) is 4.12. The molecular formula is C24H33N5O5S2Si. The average molecular weight is 564 g/mol. The Morgan fingerprint density at radius 2 is 1.95 bits per heavy atom. The van der Waals surface area contributed by atoms with Gasteiger partial charge in [0.15, 0.2) is 8.32 Å². The zero-order chi connectivity index (χ0) is 27.1. The number of ether oxygens (including phenoxy) is 1. The molecule has 1 saturated heterocycles. The summed E-state index contributed by atoms with van der Waals surface area (Å²) in [5.41, 5.74) is 1.09. The molecule has 37 heavy (non-hydrogen) atoms. The molecule has 0 radical (unpaired) electrons. The minimum Gasteiger partial charge on any atom is -0.488 e. The molecular weight excluding hydrogens is 531 g/mol. The summed E-state index contributed by atoms with van der Waals surface area (Å²) >= 11 is 2.92. The van der Waals surface area contributed by atoms with Crippen molar-refractivity contribution in [3.05, 3.63) is 40.4 Å². The number of carbonyl (C=O) groups excluding carboxylic acids is 1. The first-order valence-electron chi connectivity index (χ1n) is 12.0. The quantitative estimate of drug-likeness (QED) is 0.257. The summed E-state index contributed by atoms with van der Waals surface area (Å²) in [6, 6.07) is 7.60. The van der Waals surface area contributed by atoms with Gasteiger partial charge < -0.3 is 14.3 Å². The number of carboxylic acid groups (broad SMARTS) is 1. The van der Waals surface area contributed by atoms with E-state index in [1.54, 1.807) is 11.7 Å². The highest BCUT2D eigenvalue weighted by molar-refractivity contribution is 8.04. The second-order valence-corrected chi connectivity index (χ2v) is 17.6. The topological polar surface area (TPSA) is 120 Å². The van der Waals surface area contributed by atoms with Crippen molar-refractivity contribution in [3.63, 3.8) is 0 Å². The van der Waals surface area contributed by atoms with Gasteiger partial charge in [-0.05, 0) is 53.2 Å². The first-order valence-corrected chi connectivity index (χ1v) is 16.8. The second-order valence-electron chi connectivity index (χ2n) is 10.7. The molecule has 0 spiro atoms. The van der Waals surface area contributed by atoms with Crippen LogP contribution < -0.4 is 4.74 Å². The highest BCUT2D eigenvalue weighted by Crippen LogP contribution is 2.51. The minimum absolute atomic E-state index is 0.0148. The van der Waals surface area contributed by atoms with Crippen molar-refractivity contribution in [1.29, 1.82) is 0 Å². The molecule has 2 aromatic rings. The molecule has 0 unspecified atom stereocenters. The maximum atomic E-state index is 13.1. The molecule has 2 aliphatic heterocycles. The average Bonchev–Trinajstić information content (AvgIpc) is 3.36. The molecule has 10 nitrogen and oxygen atoms in total. The Kier molecular flexibility index (Phi) is 7.80. The molecule has 1 N–H and O–H groups in total. The van der Waals surface area contributed by atoms with Crippen LogP contribution in [0.1, 0.15) is 33.3 Å². The summed E-state index contributed by atoms with van der Waals surface area (Å²) in [6.45, 7) is 12.8. The van der Waals surface area contributed by atoms with Crippen LogP contribution in [-0.2, 0) is 26.8 Å². The number of nitrogens with zero attached hydrogens (tertiary/aromatic N) is 5. The number of β-lactam (4-membered cyclic amide) rings is 1. The Hall–Kier alpha value is -2.35. The molecule has 4 rings (SSSR count). The van der Waals surface area contributed by atoms with Gasteiger partial charge in [0.25, 0.3) is 0 Å². The summed E-state index contributed by atoms with van der Waals surface area (Å²) < 4.78 is 14.0. The monoisotopic (exact) mass is 563 g/mol. The van der Waals surface area contributed by atoms with Crippen molar-refractivity contribution in [2.75, 3.05) is 6.61 Å². The Bertz CT molecular complexity index is 1210. The van der Waals surface area contributed by atoms with E-state index in [-0.39, 0.29) is 40.6 Å². The number of carboxylic acids is 1. The number of carbonyl (C=O) groups is 2. The smallest absolute Gasteiger partial charge is 0.353 e. The Morgan fingerprint density at radius 1 is 1.27 bits per heavy atom. The zero-order valence-corrected chi connectivity index (χ0v) is 24.7. The SMILES string of the molecule is C[C@@H](O[Si](C)(C)C(C)(C)C)[C@H]1C(=O)N2C(C(=O)O)=C(COc3ccc(CSc4nnnn4C)cc3)S[C@H]12. The number of rotatable bonds is 10. The number of hydrogen-bond acceptors (Lipinski definition) is 9. The maximum absolute atomic E-state index is 13.1. The third kappa shape index (κ3) is 5.59. The Labute approximate surface area is 226 Å². The first kappa shape index (κ1) is 27.7. The van der Waals surface area contributed by atoms with Crippen LogP contribution in [0.4, 0.5) is 0 Å². The molecule has 0 saturated carbocycles. The third-order valence-corrected chi connectivity index (χ3v) is 14.1. The van der Waals surface area contributed by atoms with Crippen LogP contribution in [0.3, 0.4) is 0 Å². The molecule has 1 aromatic heterocycles. The zero-order valence-electron chi connectivity index (χ0n) is 22.1. The molecule has 0 bridgehead atoms. The number of aliphatic carboxylic acids is 1. The van der Waals surface area contributed by atoms with Crippen LogP contribution in [0.2, 0.25) is 18.1 Å². The van der Waals surface area contributed by atoms with Crippen molar-refractivity contribution < 1.29 is 23.9 Å². The van der Waals surface area contributed by atoms with E-state index in [1.165, 1.54) is 28.4 Å². The van der Waals surface area contributed by atoms with Crippen LogP contribution in [0.15, 0.2) is 40.0 Å². The van der Waals surface area contributed by atoms with Crippen molar-refractivity contribution in [2.24, 2.45) is 13.0 Å². The van der Waals surface area contributed by atoms with Gasteiger partial charge in [-0.2, -0.15) is 0 Å². The lowest BCUT2D eigenvalue weighted by molar-refractivity contribution is -0.156. The number of thioether (sulfide) groups is 2. The number of amides is 1. The summed E-state index contributed by atoms with van der Waals surface area (Å²) in [4.78, 5) is 27.1. The summed E-state index contributed by atoms with van der Waals surface area (Å²) in [5.74, 6) is -0.376. The molecule has 2 aliphatic rings. The number of fused-ring (bicyclic) bond motifs is 1. The number of hydrogen-bond donors (Lipinski definition) is 1. The number of aryl methyl sites for hydroxylation is 1. The van der Waals surface area contributed by atoms with Crippen LogP contribution in [-0.4, -0.2) is 68.5 Å². The Morgan fingerprint density at radius 3 is 2.51 bits per heavy atom. The van der Waals surface area contributed by atoms with E-state index in [0.717, 1.165) is 10.7 Å². The van der Waals surface area contributed by atoms with Crippen LogP contribution >= 0.6 is 23.5 Å².